The minimum atomic E-state index is -0.216. The highest BCUT2D eigenvalue weighted by Crippen LogP contribution is 2.17. The highest BCUT2D eigenvalue weighted by atomic mass is 16.1. The first-order valence-electron chi connectivity index (χ1n) is 8.28. The van der Waals surface area contributed by atoms with Crippen molar-refractivity contribution >= 4 is 5.91 Å². The Kier molecular flexibility index (Phi) is 4.89. The average Bonchev–Trinajstić information content (AvgIpc) is 2.61. The van der Waals surface area contributed by atoms with Gasteiger partial charge >= 0.3 is 0 Å². The number of nitrogens with zero attached hydrogens (tertiary/aromatic N) is 2. The molecule has 0 spiro atoms. The van der Waals surface area contributed by atoms with Crippen molar-refractivity contribution in [3.05, 3.63) is 82.5 Å². The average molecular weight is 331 g/mol. The zero-order valence-corrected chi connectivity index (χ0v) is 14.7. The summed E-state index contributed by atoms with van der Waals surface area (Å²) in [5, 5.41) is 11.2. The molecule has 1 N–H and O–H groups in total. The standard InChI is InChI=1S/C21H21N3O/c1-14-11-15(2)18(16(3)12-14)13-22-21(25)20-10-9-19(23-24-20)17-7-5-4-6-8-17/h4-12H,13H2,1-3H3,(H,22,25). The van der Waals surface area contributed by atoms with Crippen LogP contribution in [-0.4, -0.2) is 16.1 Å². The molecule has 0 saturated heterocycles. The van der Waals surface area contributed by atoms with E-state index in [1.54, 1.807) is 6.07 Å². The zero-order chi connectivity index (χ0) is 17.8. The summed E-state index contributed by atoms with van der Waals surface area (Å²) in [4.78, 5) is 12.3. The van der Waals surface area contributed by atoms with Crippen molar-refractivity contribution in [3.63, 3.8) is 0 Å². The Bertz CT molecular complexity index is 864. The molecule has 2 aromatic carbocycles. The number of amides is 1. The van der Waals surface area contributed by atoms with Gasteiger partial charge in [-0.25, -0.2) is 0 Å². The summed E-state index contributed by atoms with van der Waals surface area (Å²) in [6, 6.07) is 17.6. The molecule has 0 saturated carbocycles. The topological polar surface area (TPSA) is 54.9 Å². The summed E-state index contributed by atoms with van der Waals surface area (Å²) in [6.07, 6.45) is 0. The van der Waals surface area contributed by atoms with Crippen molar-refractivity contribution < 1.29 is 4.79 Å². The Morgan fingerprint density at radius 1 is 0.920 bits per heavy atom. The lowest BCUT2D eigenvalue weighted by Gasteiger charge is -2.12. The molecular formula is C21H21N3O. The van der Waals surface area contributed by atoms with Crippen LogP contribution in [0.3, 0.4) is 0 Å². The van der Waals surface area contributed by atoms with Gasteiger partial charge in [0.25, 0.3) is 5.91 Å². The molecule has 0 atom stereocenters. The van der Waals surface area contributed by atoms with Crippen LogP contribution in [0.15, 0.2) is 54.6 Å². The van der Waals surface area contributed by atoms with E-state index in [1.165, 1.54) is 16.7 Å². The van der Waals surface area contributed by atoms with E-state index in [0.29, 0.717) is 12.2 Å². The minimum Gasteiger partial charge on any atom is -0.347 e. The molecule has 0 aliphatic rings. The number of carbonyl (C=O) groups excluding carboxylic acids is 1. The van der Waals surface area contributed by atoms with E-state index in [4.69, 9.17) is 0 Å². The number of rotatable bonds is 4. The lowest BCUT2D eigenvalue weighted by Crippen LogP contribution is -2.25. The predicted octanol–water partition coefficient (Wildman–Crippen LogP) is 4.00. The first-order chi connectivity index (χ1) is 12.0. The first-order valence-corrected chi connectivity index (χ1v) is 8.28. The second-order valence-corrected chi connectivity index (χ2v) is 6.23. The van der Waals surface area contributed by atoms with E-state index in [0.717, 1.165) is 16.8 Å². The molecule has 0 radical (unpaired) electrons. The third kappa shape index (κ3) is 3.91. The molecule has 1 heterocycles. The molecule has 1 aromatic heterocycles. The van der Waals surface area contributed by atoms with Crippen LogP contribution in [0.25, 0.3) is 11.3 Å². The van der Waals surface area contributed by atoms with Crippen LogP contribution < -0.4 is 5.32 Å². The Morgan fingerprint density at radius 3 is 2.20 bits per heavy atom. The fourth-order valence-electron chi connectivity index (χ4n) is 2.96. The van der Waals surface area contributed by atoms with Crippen molar-refractivity contribution in [1.29, 1.82) is 0 Å². The molecule has 4 heteroatoms. The smallest absolute Gasteiger partial charge is 0.272 e. The minimum absolute atomic E-state index is 0.216. The predicted molar refractivity (Wildman–Crippen MR) is 99.3 cm³/mol. The SMILES string of the molecule is Cc1cc(C)c(CNC(=O)c2ccc(-c3ccccc3)nn2)c(C)c1. The normalized spacial score (nSPS) is 10.5. The van der Waals surface area contributed by atoms with Gasteiger partial charge in [0, 0.05) is 12.1 Å². The van der Waals surface area contributed by atoms with E-state index in [1.807, 2.05) is 36.4 Å². The van der Waals surface area contributed by atoms with Gasteiger partial charge in [-0.2, -0.15) is 0 Å². The fourth-order valence-corrected chi connectivity index (χ4v) is 2.96. The number of nitrogens with one attached hydrogen (secondary N) is 1. The van der Waals surface area contributed by atoms with Gasteiger partial charge in [0.2, 0.25) is 0 Å². The molecule has 3 aromatic rings. The van der Waals surface area contributed by atoms with E-state index in [2.05, 4.69) is 48.4 Å². The van der Waals surface area contributed by atoms with Crippen LogP contribution in [0.2, 0.25) is 0 Å². The summed E-state index contributed by atoms with van der Waals surface area (Å²) in [7, 11) is 0. The van der Waals surface area contributed by atoms with Gasteiger partial charge in [-0.1, -0.05) is 48.0 Å². The summed E-state index contributed by atoms with van der Waals surface area (Å²) < 4.78 is 0. The monoisotopic (exact) mass is 331 g/mol. The van der Waals surface area contributed by atoms with Gasteiger partial charge in [-0.3, -0.25) is 4.79 Å². The Morgan fingerprint density at radius 2 is 1.60 bits per heavy atom. The summed E-state index contributed by atoms with van der Waals surface area (Å²) in [5.74, 6) is -0.216. The van der Waals surface area contributed by atoms with Crippen LogP contribution in [0, 0.1) is 20.8 Å². The molecule has 3 rings (SSSR count). The molecule has 126 valence electrons. The van der Waals surface area contributed by atoms with Crippen LogP contribution in [0.5, 0.6) is 0 Å². The van der Waals surface area contributed by atoms with Gasteiger partial charge in [-0.05, 0) is 49.6 Å². The second-order valence-electron chi connectivity index (χ2n) is 6.23. The number of aromatic nitrogens is 2. The van der Waals surface area contributed by atoms with Gasteiger partial charge in [0.15, 0.2) is 5.69 Å². The molecule has 0 unspecified atom stereocenters. The maximum atomic E-state index is 12.3. The summed E-state index contributed by atoms with van der Waals surface area (Å²) >= 11 is 0. The molecule has 25 heavy (non-hydrogen) atoms. The molecule has 0 aliphatic heterocycles. The van der Waals surface area contributed by atoms with Crippen molar-refractivity contribution in [3.8, 4) is 11.3 Å². The van der Waals surface area contributed by atoms with Gasteiger partial charge in [-0.15, -0.1) is 10.2 Å². The van der Waals surface area contributed by atoms with E-state index in [9.17, 15) is 4.79 Å². The molecule has 0 aliphatic carbocycles. The van der Waals surface area contributed by atoms with Crippen LogP contribution >= 0.6 is 0 Å². The van der Waals surface area contributed by atoms with Crippen molar-refractivity contribution in [1.82, 2.24) is 15.5 Å². The van der Waals surface area contributed by atoms with Crippen molar-refractivity contribution in [2.75, 3.05) is 0 Å². The van der Waals surface area contributed by atoms with E-state index < -0.39 is 0 Å². The van der Waals surface area contributed by atoms with Gasteiger partial charge < -0.3 is 5.32 Å². The second kappa shape index (κ2) is 7.26. The molecule has 0 fully saturated rings. The van der Waals surface area contributed by atoms with Gasteiger partial charge in [0.05, 0.1) is 5.69 Å². The zero-order valence-electron chi connectivity index (χ0n) is 14.7. The number of carbonyl (C=O) groups is 1. The number of aryl methyl sites for hydroxylation is 3. The molecule has 0 bridgehead atoms. The third-order valence-corrected chi connectivity index (χ3v) is 4.23. The quantitative estimate of drug-likeness (QED) is 0.786. The third-order valence-electron chi connectivity index (χ3n) is 4.23. The van der Waals surface area contributed by atoms with Crippen LogP contribution in [0.1, 0.15) is 32.7 Å². The van der Waals surface area contributed by atoms with Crippen LogP contribution in [0.4, 0.5) is 0 Å². The maximum Gasteiger partial charge on any atom is 0.272 e. The largest absolute Gasteiger partial charge is 0.347 e. The van der Waals surface area contributed by atoms with Crippen molar-refractivity contribution in [2.45, 2.75) is 27.3 Å². The highest BCUT2D eigenvalue weighted by Gasteiger charge is 2.10. The fraction of sp³-hybridized carbons (Fsp3) is 0.190. The van der Waals surface area contributed by atoms with E-state index in [-0.39, 0.29) is 5.91 Å². The molecule has 4 nitrogen and oxygen atoms in total. The first kappa shape index (κ1) is 16.8. The van der Waals surface area contributed by atoms with Gasteiger partial charge in [0.1, 0.15) is 0 Å². The number of hydrogen-bond acceptors (Lipinski definition) is 3. The summed E-state index contributed by atoms with van der Waals surface area (Å²) in [5.41, 5.74) is 6.80. The molecular weight excluding hydrogens is 310 g/mol. The molecule has 1 amide bonds. The van der Waals surface area contributed by atoms with E-state index >= 15 is 0 Å². The van der Waals surface area contributed by atoms with Crippen molar-refractivity contribution in [2.24, 2.45) is 0 Å². The Labute approximate surface area is 147 Å². The summed E-state index contributed by atoms with van der Waals surface area (Å²) in [6.45, 7) is 6.69. The Hall–Kier alpha value is -3.01. The lowest BCUT2D eigenvalue weighted by atomic mass is 10.00. The maximum absolute atomic E-state index is 12.3. The highest BCUT2D eigenvalue weighted by molar-refractivity contribution is 5.92. The number of hydrogen-bond donors (Lipinski definition) is 1. The lowest BCUT2D eigenvalue weighted by molar-refractivity contribution is 0.0945. The van der Waals surface area contributed by atoms with Crippen LogP contribution in [-0.2, 0) is 6.54 Å². The Balaban J connectivity index is 1.70. The number of benzene rings is 2.